The molecule has 0 saturated carbocycles. The zero-order chi connectivity index (χ0) is 32.1. The molecule has 0 atom stereocenters. The molecule has 0 aliphatic carbocycles. The van der Waals surface area contributed by atoms with E-state index >= 15 is 0 Å². The molecule has 1 N–H and O–H groups in total. The lowest BCUT2D eigenvalue weighted by atomic mass is 10.0. The van der Waals surface area contributed by atoms with Gasteiger partial charge in [0, 0.05) is 65.1 Å². The van der Waals surface area contributed by atoms with E-state index in [2.05, 4.69) is 15.2 Å². The summed E-state index contributed by atoms with van der Waals surface area (Å²) in [5.74, 6) is -0.322. The number of hydrogen-bond donors (Lipinski definition) is 1. The summed E-state index contributed by atoms with van der Waals surface area (Å²) in [4.78, 5) is 63.1. The Hall–Kier alpha value is -4.19. The molecule has 4 amide bonds. The average molecular weight is 609 g/mol. The van der Waals surface area contributed by atoms with E-state index in [0.29, 0.717) is 64.7 Å². The van der Waals surface area contributed by atoms with Crippen molar-refractivity contribution in [3.63, 3.8) is 0 Å². The molecule has 2 aliphatic heterocycles. The van der Waals surface area contributed by atoms with Crippen molar-refractivity contribution in [1.29, 1.82) is 0 Å². The molecule has 4 rings (SSSR count). The quantitative estimate of drug-likeness (QED) is 0.539. The van der Waals surface area contributed by atoms with Crippen molar-refractivity contribution in [1.82, 2.24) is 24.6 Å². The Morgan fingerprint density at radius 3 is 1.77 bits per heavy atom. The van der Waals surface area contributed by atoms with E-state index < -0.39 is 23.2 Å². The highest BCUT2D eigenvalue weighted by Crippen LogP contribution is 2.19. The number of hydrogen-bond acceptors (Lipinski definition) is 8. The second kappa shape index (κ2) is 13.6. The summed E-state index contributed by atoms with van der Waals surface area (Å²) in [5, 5.41) is 2.84. The third kappa shape index (κ3) is 9.15. The van der Waals surface area contributed by atoms with E-state index in [1.807, 2.05) is 53.7 Å². The molecule has 0 unspecified atom stereocenters. The number of piperazine rings is 2. The maximum atomic E-state index is 13.4. The number of aromatic nitrogens is 1. The second-order valence-corrected chi connectivity index (χ2v) is 13.1. The highest BCUT2D eigenvalue weighted by molar-refractivity contribution is 6.11. The number of nitrogens with one attached hydrogen (secondary N) is 1. The molecule has 3 heterocycles. The van der Waals surface area contributed by atoms with Crippen LogP contribution in [0.15, 0.2) is 42.6 Å². The maximum absolute atomic E-state index is 13.4. The number of anilines is 1. The fraction of sp³-hybridized carbons (Fsp3) is 0.531. The summed E-state index contributed by atoms with van der Waals surface area (Å²) < 4.78 is 10.9. The van der Waals surface area contributed by atoms with Gasteiger partial charge in [-0.2, -0.15) is 0 Å². The van der Waals surface area contributed by atoms with Gasteiger partial charge in [0.25, 0.3) is 11.8 Å². The zero-order valence-corrected chi connectivity index (χ0v) is 26.6. The van der Waals surface area contributed by atoms with Crippen LogP contribution in [0.5, 0.6) is 0 Å². The zero-order valence-electron chi connectivity index (χ0n) is 26.6. The number of benzene rings is 1. The van der Waals surface area contributed by atoms with Crippen molar-refractivity contribution in [3.8, 4) is 0 Å². The first-order chi connectivity index (χ1) is 20.7. The number of ether oxygens (including phenoxy) is 2. The fourth-order valence-electron chi connectivity index (χ4n) is 4.95. The molecule has 238 valence electrons. The molecule has 1 aromatic heterocycles. The lowest BCUT2D eigenvalue weighted by Gasteiger charge is -2.35. The highest BCUT2D eigenvalue weighted by atomic mass is 16.6. The maximum Gasteiger partial charge on any atom is 0.410 e. The van der Waals surface area contributed by atoms with Crippen LogP contribution in [-0.2, 0) is 16.0 Å². The smallest absolute Gasteiger partial charge is 0.410 e. The first-order valence-corrected chi connectivity index (χ1v) is 15.0. The third-order valence-corrected chi connectivity index (χ3v) is 7.12. The third-order valence-electron chi connectivity index (χ3n) is 7.12. The molecule has 12 nitrogen and oxygen atoms in total. The van der Waals surface area contributed by atoms with Crippen LogP contribution in [0.3, 0.4) is 0 Å². The fourth-order valence-corrected chi connectivity index (χ4v) is 4.95. The Morgan fingerprint density at radius 1 is 0.727 bits per heavy atom. The van der Waals surface area contributed by atoms with Gasteiger partial charge in [0.1, 0.15) is 17.0 Å². The van der Waals surface area contributed by atoms with E-state index in [9.17, 15) is 19.2 Å². The topological polar surface area (TPSA) is 125 Å². The van der Waals surface area contributed by atoms with Crippen LogP contribution in [-0.4, -0.2) is 112 Å². The molecule has 0 radical (unpaired) electrons. The minimum absolute atomic E-state index is 0.248. The van der Waals surface area contributed by atoms with Gasteiger partial charge >= 0.3 is 12.2 Å². The van der Waals surface area contributed by atoms with Gasteiger partial charge in [0.05, 0.1) is 11.1 Å². The number of pyridine rings is 1. The van der Waals surface area contributed by atoms with E-state index in [-0.39, 0.29) is 23.1 Å². The summed E-state index contributed by atoms with van der Waals surface area (Å²) in [6, 6.07) is 10.4. The van der Waals surface area contributed by atoms with Crippen molar-refractivity contribution in [2.75, 3.05) is 57.7 Å². The molecular weight excluding hydrogens is 564 g/mol. The SMILES string of the molecule is CC(C)(C)OC(=O)N1CCN(Cc2ccnc(NC(=O)c3ccccc3C(=O)N3CCN(C(=O)OC(C)(C)C)CC3)c2)CC1. The summed E-state index contributed by atoms with van der Waals surface area (Å²) in [6.45, 7) is 15.6. The summed E-state index contributed by atoms with van der Waals surface area (Å²) >= 11 is 0. The van der Waals surface area contributed by atoms with Gasteiger partial charge in [-0.15, -0.1) is 0 Å². The summed E-state index contributed by atoms with van der Waals surface area (Å²) in [7, 11) is 0. The molecule has 2 saturated heterocycles. The lowest BCUT2D eigenvalue weighted by molar-refractivity contribution is 0.0133. The van der Waals surface area contributed by atoms with Gasteiger partial charge in [0.2, 0.25) is 0 Å². The molecule has 0 spiro atoms. The lowest BCUT2D eigenvalue weighted by Crippen LogP contribution is -2.51. The first-order valence-electron chi connectivity index (χ1n) is 15.0. The second-order valence-electron chi connectivity index (χ2n) is 13.1. The van der Waals surface area contributed by atoms with E-state index in [4.69, 9.17) is 9.47 Å². The van der Waals surface area contributed by atoms with Gasteiger partial charge in [-0.1, -0.05) is 12.1 Å². The number of carbonyl (C=O) groups is 4. The minimum atomic E-state index is -0.594. The largest absolute Gasteiger partial charge is 0.444 e. The van der Waals surface area contributed by atoms with Gasteiger partial charge in [-0.3, -0.25) is 14.5 Å². The normalized spacial score (nSPS) is 16.4. The van der Waals surface area contributed by atoms with Crippen molar-refractivity contribution < 1.29 is 28.7 Å². The molecular formula is C32H44N6O6. The van der Waals surface area contributed by atoms with Crippen LogP contribution in [0.4, 0.5) is 15.4 Å². The molecule has 12 heteroatoms. The average Bonchev–Trinajstić information content (AvgIpc) is 2.95. The standard InChI is InChI=1S/C32H44N6O6/c1-31(2,3)43-29(41)37-15-13-35(14-16-37)22-23-11-12-33-26(21-23)34-27(39)24-9-7-8-10-25(24)28(40)36-17-19-38(20-18-36)30(42)44-32(4,5)6/h7-12,21H,13-20,22H2,1-6H3,(H,33,34,39). The Bertz CT molecular complexity index is 1350. The Labute approximate surface area is 259 Å². The number of rotatable bonds is 5. The Morgan fingerprint density at radius 2 is 1.23 bits per heavy atom. The predicted octanol–water partition coefficient (Wildman–Crippen LogP) is 4.08. The van der Waals surface area contributed by atoms with Crippen molar-refractivity contribution in [2.24, 2.45) is 0 Å². The Kier molecular flexibility index (Phi) is 10.1. The molecule has 2 aromatic rings. The first kappa shape index (κ1) is 32.7. The predicted molar refractivity (Wildman–Crippen MR) is 165 cm³/mol. The number of amides is 4. The number of nitrogens with zero attached hydrogens (tertiary/aromatic N) is 5. The molecule has 2 aliphatic rings. The van der Waals surface area contributed by atoms with Crippen LogP contribution in [0.1, 0.15) is 67.8 Å². The summed E-state index contributed by atoms with van der Waals surface area (Å²) in [6.07, 6.45) is 0.943. The van der Waals surface area contributed by atoms with Crippen molar-refractivity contribution in [3.05, 3.63) is 59.3 Å². The highest BCUT2D eigenvalue weighted by Gasteiger charge is 2.30. The molecule has 44 heavy (non-hydrogen) atoms. The van der Waals surface area contributed by atoms with Crippen molar-refractivity contribution in [2.45, 2.75) is 59.3 Å². The van der Waals surface area contributed by atoms with Crippen LogP contribution < -0.4 is 5.32 Å². The van der Waals surface area contributed by atoms with Gasteiger partial charge in [-0.05, 0) is 71.4 Å². The summed E-state index contributed by atoms with van der Waals surface area (Å²) in [5.41, 5.74) is 0.378. The van der Waals surface area contributed by atoms with Crippen LogP contribution >= 0.6 is 0 Å². The van der Waals surface area contributed by atoms with Crippen LogP contribution in [0, 0.1) is 0 Å². The van der Waals surface area contributed by atoms with Crippen LogP contribution in [0.2, 0.25) is 0 Å². The van der Waals surface area contributed by atoms with Gasteiger partial charge in [-0.25, -0.2) is 14.6 Å². The van der Waals surface area contributed by atoms with E-state index in [0.717, 1.165) is 5.56 Å². The number of carbonyl (C=O) groups excluding carboxylic acids is 4. The van der Waals surface area contributed by atoms with Gasteiger partial charge in [0.15, 0.2) is 0 Å². The minimum Gasteiger partial charge on any atom is -0.444 e. The molecule has 0 bridgehead atoms. The van der Waals surface area contributed by atoms with Crippen LogP contribution in [0.25, 0.3) is 0 Å². The van der Waals surface area contributed by atoms with Crippen molar-refractivity contribution >= 4 is 29.8 Å². The van der Waals surface area contributed by atoms with E-state index in [1.54, 1.807) is 45.2 Å². The molecule has 2 fully saturated rings. The molecule has 1 aromatic carbocycles. The van der Waals surface area contributed by atoms with E-state index in [1.165, 1.54) is 0 Å². The monoisotopic (exact) mass is 608 g/mol. The Balaban J connectivity index is 1.33. The van der Waals surface area contributed by atoms with Gasteiger partial charge < -0.3 is 29.5 Å².